The summed E-state index contributed by atoms with van der Waals surface area (Å²) in [7, 11) is 0. The number of hydrogen-bond acceptors (Lipinski definition) is 4. The van der Waals surface area contributed by atoms with Gasteiger partial charge in [-0.1, -0.05) is 104 Å². The first-order chi connectivity index (χ1) is 17.5. The van der Waals surface area contributed by atoms with Crippen LogP contribution in [0.5, 0.6) is 0 Å². The molecule has 1 aliphatic heterocycles. The zero-order valence-corrected chi connectivity index (χ0v) is 22.7. The number of rotatable bonds is 4. The Hall–Kier alpha value is -3.35. The number of halogens is 2. The molecule has 176 valence electrons. The summed E-state index contributed by atoms with van der Waals surface area (Å²) in [5, 5.41) is 8.11. The topological polar surface area (TPSA) is 41.4 Å². The minimum atomic E-state index is -0.0104. The molecule has 4 aromatic carbocycles. The van der Waals surface area contributed by atoms with Crippen LogP contribution in [0.25, 0.3) is 22.2 Å². The van der Waals surface area contributed by atoms with Crippen molar-refractivity contribution in [2.24, 2.45) is 5.10 Å². The van der Waals surface area contributed by atoms with Gasteiger partial charge < -0.3 is 0 Å². The summed E-state index contributed by atoms with van der Waals surface area (Å²) in [5.41, 5.74) is 7.39. The molecule has 0 saturated carbocycles. The third-order valence-electron chi connectivity index (χ3n) is 6.46. The largest absolute Gasteiger partial charge is 0.247 e. The monoisotopic (exact) mass is 596 g/mol. The second kappa shape index (κ2) is 9.60. The summed E-state index contributed by atoms with van der Waals surface area (Å²) in [6.45, 7) is 2.10. The lowest BCUT2D eigenvalue weighted by atomic mass is 9.98. The third-order valence-corrected chi connectivity index (χ3v) is 7.52. The summed E-state index contributed by atoms with van der Waals surface area (Å²) >= 11 is 7.11. The van der Waals surface area contributed by atoms with Crippen LogP contribution in [-0.4, -0.2) is 15.7 Å². The molecule has 2 heterocycles. The summed E-state index contributed by atoms with van der Waals surface area (Å²) < 4.78 is 2.10. The molecule has 0 spiro atoms. The zero-order chi connectivity index (χ0) is 24.6. The van der Waals surface area contributed by atoms with E-state index in [1.807, 2.05) is 23.2 Å². The second-order valence-corrected chi connectivity index (χ2v) is 10.8. The number of para-hydroxylation sites is 1. The fourth-order valence-electron chi connectivity index (χ4n) is 4.55. The quantitative estimate of drug-likeness (QED) is 0.208. The van der Waals surface area contributed by atoms with E-state index in [4.69, 9.17) is 15.1 Å². The highest BCUT2D eigenvalue weighted by Crippen LogP contribution is 2.38. The third kappa shape index (κ3) is 4.47. The van der Waals surface area contributed by atoms with E-state index in [0.29, 0.717) is 5.95 Å². The Morgan fingerprint density at radius 3 is 2.08 bits per heavy atom. The molecule has 0 bridgehead atoms. The molecule has 1 atom stereocenters. The summed E-state index contributed by atoms with van der Waals surface area (Å²) in [6, 6.07) is 33.4. The first kappa shape index (κ1) is 23.1. The van der Waals surface area contributed by atoms with Crippen molar-refractivity contribution in [3.8, 4) is 11.3 Å². The molecule has 36 heavy (non-hydrogen) atoms. The Balaban J connectivity index is 1.52. The van der Waals surface area contributed by atoms with E-state index in [1.54, 1.807) is 0 Å². The Morgan fingerprint density at radius 1 is 0.722 bits per heavy atom. The van der Waals surface area contributed by atoms with Crippen molar-refractivity contribution >= 4 is 54.4 Å². The lowest BCUT2D eigenvalue weighted by Crippen LogP contribution is -2.21. The first-order valence-electron chi connectivity index (χ1n) is 11.8. The van der Waals surface area contributed by atoms with Crippen molar-refractivity contribution in [1.29, 1.82) is 0 Å². The van der Waals surface area contributed by atoms with Crippen LogP contribution in [0, 0.1) is 6.92 Å². The van der Waals surface area contributed by atoms with Crippen molar-refractivity contribution in [2.45, 2.75) is 19.4 Å². The van der Waals surface area contributed by atoms with Crippen molar-refractivity contribution in [1.82, 2.24) is 9.97 Å². The number of aryl methyl sites for hydroxylation is 1. The second-order valence-electron chi connectivity index (χ2n) is 8.93. The standard InChI is InChI=1S/C30H22Br2N4/c1-19-6-8-22(9-7-19)29-25-4-2-3-5-26(25)33-30(34-29)36-28(21-12-16-24(32)17-13-21)18-27(35-36)20-10-14-23(31)15-11-20/h2-17,28H,18H2,1H3. The van der Waals surface area contributed by atoms with Gasteiger partial charge in [-0.15, -0.1) is 0 Å². The maximum absolute atomic E-state index is 5.11. The first-order valence-corrected chi connectivity index (χ1v) is 13.4. The van der Waals surface area contributed by atoms with Crippen LogP contribution in [0.1, 0.15) is 29.2 Å². The average Bonchev–Trinajstić information content (AvgIpc) is 3.35. The predicted octanol–water partition coefficient (Wildman–Crippen LogP) is 8.49. The van der Waals surface area contributed by atoms with Crippen LogP contribution >= 0.6 is 31.9 Å². The molecule has 0 saturated heterocycles. The van der Waals surface area contributed by atoms with Gasteiger partial charge in [0.05, 0.1) is 23.0 Å². The van der Waals surface area contributed by atoms with Crippen molar-refractivity contribution in [3.05, 3.63) is 123 Å². The van der Waals surface area contributed by atoms with E-state index in [-0.39, 0.29) is 6.04 Å². The number of hydrazone groups is 1. The highest BCUT2D eigenvalue weighted by Gasteiger charge is 2.32. The molecule has 5 aromatic rings. The van der Waals surface area contributed by atoms with Crippen molar-refractivity contribution in [2.75, 3.05) is 5.01 Å². The minimum absolute atomic E-state index is 0.0104. The van der Waals surface area contributed by atoms with Gasteiger partial charge >= 0.3 is 0 Å². The molecule has 1 unspecified atom stereocenters. The van der Waals surface area contributed by atoms with Crippen LogP contribution in [0.15, 0.2) is 111 Å². The number of fused-ring (bicyclic) bond motifs is 1. The van der Waals surface area contributed by atoms with Gasteiger partial charge in [0.25, 0.3) is 0 Å². The molecule has 0 amide bonds. The number of nitrogens with zero attached hydrogens (tertiary/aromatic N) is 4. The predicted molar refractivity (Wildman–Crippen MR) is 154 cm³/mol. The zero-order valence-electron chi connectivity index (χ0n) is 19.6. The molecule has 0 fully saturated rings. The lowest BCUT2D eigenvalue weighted by molar-refractivity contribution is 0.689. The van der Waals surface area contributed by atoms with E-state index in [1.165, 1.54) is 11.1 Å². The fraction of sp³-hybridized carbons (Fsp3) is 0.100. The normalized spacial score (nSPS) is 15.4. The molecule has 6 heteroatoms. The van der Waals surface area contributed by atoms with Crippen LogP contribution in [0.2, 0.25) is 0 Å². The molecule has 6 rings (SSSR count). The Kier molecular flexibility index (Phi) is 6.15. The van der Waals surface area contributed by atoms with Crippen molar-refractivity contribution in [3.63, 3.8) is 0 Å². The van der Waals surface area contributed by atoms with E-state index >= 15 is 0 Å². The van der Waals surface area contributed by atoms with Crippen LogP contribution in [0.4, 0.5) is 5.95 Å². The lowest BCUT2D eigenvalue weighted by Gasteiger charge is -2.23. The SMILES string of the molecule is Cc1ccc(-c2nc(N3N=C(c4ccc(Br)cc4)CC3c3ccc(Br)cc3)nc3ccccc23)cc1. The van der Waals surface area contributed by atoms with Gasteiger partial charge in [-0.05, 0) is 48.4 Å². The van der Waals surface area contributed by atoms with Gasteiger partial charge in [-0.2, -0.15) is 5.10 Å². The summed E-state index contributed by atoms with van der Waals surface area (Å²) in [6.07, 6.45) is 0.763. The Morgan fingerprint density at radius 2 is 1.36 bits per heavy atom. The Bertz CT molecular complexity index is 1580. The number of anilines is 1. The fourth-order valence-corrected chi connectivity index (χ4v) is 5.08. The van der Waals surface area contributed by atoms with Crippen LogP contribution < -0.4 is 5.01 Å². The number of hydrogen-bond donors (Lipinski definition) is 0. The number of aromatic nitrogens is 2. The maximum Gasteiger partial charge on any atom is 0.247 e. The molecule has 1 aromatic heterocycles. The van der Waals surface area contributed by atoms with Gasteiger partial charge in [-0.25, -0.2) is 15.0 Å². The van der Waals surface area contributed by atoms with Gasteiger partial charge in [0.15, 0.2) is 0 Å². The maximum atomic E-state index is 5.11. The molecular weight excluding hydrogens is 576 g/mol. The average molecular weight is 598 g/mol. The van der Waals surface area contributed by atoms with E-state index < -0.39 is 0 Å². The van der Waals surface area contributed by atoms with Gasteiger partial charge in [0.2, 0.25) is 5.95 Å². The smallest absolute Gasteiger partial charge is 0.223 e. The molecular formula is C30H22Br2N4. The van der Waals surface area contributed by atoms with Crippen LogP contribution in [-0.2, 0) is 0 Å². The molecule has 0 aliphatic carbocycles. The van der Waals surface area contributed by atoms with E-state index in [0.717, 1.165) is 48.8 Å². The highest BCUT2D eigenvalue weighted by molar-refractivity contribution is 9.10. The highest BCUT2D eigenvalue weighted by atomic mass is 79.9. The van der Waals surface area contributed by atoms with Gasteiger partial charge in [0, 0.05) is 26.3 Å². The van der Waals surface area contributed by atoms with E-state index in [2.05, 4.69) is 118 Å². The molecule has 4 nitrogen and oxygen atoms in total. The van der Waals surface area contributed by atoms with Gasteiger partial charge in [0.1, 0.15) is 0 Å². The summed E-state index contributed by atoms with van der Waals surface area (Å²) in [5.74, 6) is 0.601. The summed E-state index contributed by atoms with van der Waals surface area (Å²) in [4.78, 5) is 10.1. The molecule has 1 aliphatic rings. The Labute approximate surface area is 227 Å². The minimum Gasteiger partial charge on any atom is -0.223 e. The van der Waals surface area contributed by atoms with E-state index in [9.17, 15) is 0 Å². The molecule has 0 N–H and O–H groups in total. The van der Waals surface area contributed by atoms with Crippen molar-refractivity contribution < 1.29 is 0 Å². The number of benzene rings is 4. The van der Waals surface area contributed by atoms with Crippen LogP contribution in [0.3, 0.4) is 0 Å². The van der Waals surface area contributed by atoms with Gasteiger partial charge in [-0.3, -0.25) is 0 Å². The molecule has 0 radical (unpaired) electrons.